The molecule has 0 saturated carbocycles. The second-order valence-electron chi connectivity index (χ2n) is 18.1. The second kappa shape index (κ2) is 24.2. The van der Waals surface area contributed by atoms with Gasteiger partial charge in [-0.05, 0) is 76.8 Å². The molecule has 0 aliphatic heterocycles. The number of quaternary nitrogens is 1. The van der Waals surface area contributed by atoms with Crippen LogP contribution in [-0.4, -0.2) is 87.5 Å². The third-order valence-electron chi connectivity index (χ3n) is 11.8. The number of benzene rings is 4. The van der Waals surface area contributed by atoms with E-state index in [9.17, 15) is 61.5 Å². The molecule has 0 aromatic heterocycles. The lowest BCUT2D eigenvalue weighted by Gasteiger charge is -2.38. The Morgan fingerprint density at radius 1 is 0.696 bits per heavy atom. The molecule has 2 aliphatic rings. The first-order valence-corrected chi connectivity index (χ1v) is 22.6. The van der Waals surface area contributed by atoms with Crippen molar-refractivity contribution >= 4 is 43.8 Å². The Bertz CT molecular complexity index is 2190. The fourth-order valence-corrected chi connectivity index (χ4v) is 9.07. The van der Waals surface area contributed by atoms with Crippen molar-refractivity contribution in [2.75, 3.05) is 14.2 Å². The molecule has 384 valence electrons. The molecule has 0 saturated heterocycles. The monoisotopic (exact) mass is 1110 g/mol. The van der Waals surface area contributed by atoms with E-state index < -0.39 is 72.0 Å². The van der Waals surface area contributed by atoms with Crippen molar-refractivity contribution in [3.05, 3.63) is 127 Å². The highest BCUT2D eigenvalue weighted by Crippen LogP contribution is 2.47. The number of carbonyl (C=O) groups is 2. The molecule has 0 spiro atoms. The van der Waals surface area contributed by atoms with Gasteiger partial charge in [-0.25, -0.2) is 0 Å². The van der Waals surface area contributed by atoms with Gasteiger partial charge in [-0.2, -0.15) is 26.3 Å². The third-order valence-corrected chi connectivity index (χ3v) is 12.8. The van der Waals surface area contributed by atoms with Crippen LogP contribution < -0.4 is 26.0 Å². The van der Waals surface area contributed by atoms with Crippen LogP contribution in [0.2, 0.25) is 0 Å². The smallest absolute Gasteiger partial charge is 0.417 e. The minimum absolute atomic E-state index is 0. The number of nitrogens with two attached hydrogens (primary N) is 1. The van der Waals surface area contributed by atoms with Crippen LogP contribution in [0.5, 0.6) is 11.5 Å². The van der Waals surface area contributed by atoms with Gasteiger partial charge in [0.15, 0.2) is 11.2 Å². The van der Waals surface area contributed by atoms with Gasteiger partial charge in [0.2, 0.25) is 0 Å². The molecule has 0 bridgehead atoms. The largest absolute Gasteiger partial charge is 0.550 e. The molecule has 12 nitrogen and oxygen atoms in total. The number of fused-ring (bicyclic) bond motifs is 2. The molecule has 0 amide bonds. The summed E-state index contributed by atoms with van der Waals surface area (Å²) >= 11 is 6.48. The van der Waals surface area contributed by atoms with E-state index >= 15 is 0 Å². The summed E-state index contributed by atoms with van der Waals surface area (Å²) in [6, 6.07) is 25.6. The Kier molecular flexibility index (Phi) is 21.4. The zero-order valence-electron chi connectivity index (χ0n) is 38.2. The van der Waals surface area contributed by atoms with Crippen LogP contribution in [-0.2, 0) is 33.3 Å². The number of halogens is 8. The van der Waals surface area contributed by atoms with E-state index in [0.717, 1.165) is 12.0 Å². The van der Waals surface area contributed by atoms with Crippen LogP contribution >= 0.6 is 31.9 Å². The topological polar surface area (TPSA) is 230 Å². The molecule has 0 radical (unpaired) electrons. The van der Waals surface area contributed by atoms with E-state index in [2.05, 4.69) is 43.7 Å². The molecular formula is C49H62Br2F6N2O10. The fourth-order valence-electron chi connectivity index (χ4n) is 8.35. The fraction of sp³-hybridized carbons (Fsp3) is 0.469. The highest BCUT2D eigenvalue weighted by Gasteiger charge is 2.58. The molecule has 10 N–H and O–H groups in total. The summed E-state index contributed by atoms with van der Waals surface area (Å²) in [6.07, 6.45) is -14.0. The second-order valence-corrected chi connectivity index (χ2v) is 19.9. The van der Waals surface area contributed by atoms with Gasteiger partial charge in [-0.1, -0.05) is 116 Å². The average Bonchev–Trinajstić information content (AvgIpc) is 3.68. The van der Waals surface area contributed by atoms with E-state index in [1.807, 2.05) is 42.5 Å². The van der Waals surface area contributed by atoms with Gasteiger partial charge >= 0.3 is 18.3 Å². The predicted molar refractivity (Wildman–Crippen MR) is 252 cm³/mol. The Morgan fingerprint density at radius 2 is 1.07 bits per heavy atom. The van der Waals surface area contributed by atoms with Crippen LogP contribution in [0.1, 0.15) is 106 Å². The molecule has 0 unspecified atom stereocenters. The predicted octanol–water partition coefficient (Wildman–Crippen LogP) is 7.58. The lowest BCUT2D eigenvalue weighted by molar-refractivity contribution is -0.441. The molecule has 6 rings (SSSR count). The minimum Gasteiger partial charge on any atom is -0.550 e. The van der Waals surface area contributed by atoms with Crippen LogP contribution in [0.15, 0.2) is 93.9 Å². The third kappa shape index (κ3) is 15.9. The normalized spacial score (nSPS) is 19.2. The van der Waals surface area contributed by atoms with Gasteiger partial charge in [-0.15, -0.1) is 0 Å². The SMILES string of the molecule is C.COc1ccc(Br)cc1C(C)(C)C[C@@](O)(CC(=O)O)C(F)(F)F.COc1ccc(Br)cc1C(C)(C)C[C@@](O)(CC(=O)[O-])C(F)(F)F.N[C@@H]1c2ccccc2C[C@@H]1O.[NH3+][C@@H]1c2ccccc2C[C@@H]1O. The first-order chi connectivity index (χ1) is 31.2. The number of alkyl halides is 6. The van der Waals surface area contributed by atoms with Crippen molar-refractivity contribution in [1.29, 1.82) is 0 Å². The maximum atomic E-state index is 13.2. The molecule has 69 heavy (non-hydrogen) atoms. The molecule has 0 heterocycles. The van der Waals surface area contributed by atoms with Crippen molar-refractivity contribution in [3.8, 4) is 11.5 Å². The number of hydrogen-bond donors (Lipinski definition) is 7. The van der Waals surface area contributed by atoms with Gasteiger partial charge in [0, 0.05) is 50.9 Å². The van der Waals surface area contributed by atoms with Gasteiger partial charge < -0.3 is 56.4 Å². The number of methoxy groups -OCH3 is 2. The number of carbonyl (C=O) groups excluding carboxylic acids is 1. The zero-order chi connectivity index (χ0) is 51.8. The Balaban J connectivity index is 0.000000330. The maximum absolute atomic E-state index is 13.2. The number of aliphatic hydroxyl groups is 4. The first kappa shape index (κ1) is 60.8. The summed E-state index contributed by atoms with van der Waals surface area (Å²) < 4.78 is 90.8. The zero-order valence-corrected chi connectivity index (χ0v) is 41.4. The summed E-state index contributed by atoms with van der Waals surface area (Å²) in [4.78, 5) is 21.4. The number of hydrogen-bond acceptors (Lipinski definition) is 10. The van der Waals surface area contributed by atoms with Crippen LogP contribution in [0.3, 0.4) is 0 Å². The number of aliphatic carboxylic acids is 2. The van der Waals surface area contributed by atoms with E-state index in [4.69, 9.17) is 20.3 Å². The van der Waals surface area contributed by atoms with Crippen LogP contribution in [0.25, 0.3) is 0 Å². The van der Waals surface area contributed by atoms with Gasteiger partial charge in [-0.3, -0.25) is 4.79 Å². The summed E-state index contributed by atoms with van der Waals surface area (Å²) in [7, 11) is 2.76. The molecule has 4 aromatic rings. The quantitative estimate of drug-likeness (QED) is 0.0684. The highest BCUT2D eigenvalue weighted by molar-refractivity contribution is 9.10. The highest BCUT2D eigenvalue weighted by atomic mass is 79.9. The van der Waals surface area contributed by atoms with Crippen LogP contribution in [0, 0.1) is 0 Å². The van der Waals surface area contributed by atoms with Gasteiger partial charge in [0.1, 0.15) is 23.6 Å². The molecule has 6 atom stereocenters. The number of ether oxygens (including phenoxy) is 2. The molecule has 2 aliphatic carbocycles. The van der Waals surface area contributed by atoms with Gasteiger partial charge in [0.05, 0.1) is 32.8 Å². The lowest BCUT2D eigenvalue weighted by atomic mass is 9.73. The number of carboxylic acids is 2. The van der Waals surface area contributed by atoms with Gasteiger partial charge in [0.25, 0.3) is 0 Å². The van der Waals surface area contributed by atoms with E-state index in [-0.39, 0.29) is 31.7 Å². The molecular weight excluding hydrogens is 1050 g/mol. The van der Waals surface area contributed by atoms with Crippen molar-refractivity contribution in [1.82, 2.24) is 0 Å². The van der Waals surface area contributed by atoms with Crippen molar-refractivity contribution in [2.24, 2.45) is 5.73 Å². The first-order valence-electron chi connectivity index (χ1n) is 21.0. The molecule has 0 fully saturated rings. The Morgan fingerprint density at radius 3 is 1.43 bits per heavy atom. The Labute approximate surface area is 414 Å². The number of aliphatic hydroxyl groups excluding tert-OH is 2. The lowest BCUT2D eigenvalue weighted by Crippen LogP contribution is -2.57. The summed E-state index contributed by atoms with van der Waals surface area (Å²) in [5.74, 6) is -2.99. The van der Waals surface area contributed by atoms with E-state index in [1.54, 1.807) is 36.4 Å². The van der Waals surface area contributed by atoms with E-state index in [0.29, 0.717) is 38.0 Å². The standard InChI is InChI=1S/2C15H18BrF3O4.2C9H11NO.CH4/c2*1-13(2,10-6-9(16)4-5-11(10)23-3)8-14(22,7-12(20)21)15(17,18)19;2*10-9-7-4-2-1-3-6(7)5-8(9)11;/h2*4-6,22H,7-8H2,1-3H3,(H,20,21);2*1-4,8-9,11H,5,10H2;1H4/t2*14-;2*8-,9+;/m0000./s1. The summed E-state index contributed by atoms with van der Waals surface area (Å²) in [5.41, 5.74) is 6.10. The van der Waals surface area contributed by atoms with Crippen molar-refractivity contribution < 1.29 is 81.8 Å². The van der Waals surface area contributed by atoms with Crippen molar-refractivity contribution in [3.63, 3.8) is 0 Å². The summed E-state index contributed by atoms with van der Waals surface area (Å²) in [6.45, 7) is 5.94. The molecule has 4 aromatic carbocycles. The van der Waals surface area contributed by atoms with Crippen LogP contribution in [0.4, 0.5) is 26.3 Å². The average molecular weight is 1110 g/mol. The Hall–Kier alpha value is -4.28. The molecule has 20 heteroatoms. The maximum Gasteiger partial charge on any atom is 0.417 e. The van der Waals surface area contributed by atoms with Crippen molar-refractivity contribution in [2.45, 2.75) is 132 Å². The number of rotatable bonds is 12. The minimum atomic E-state index is -5.11. The summed E-state index contributed by atoms with van der Waals surface area (Å²) in [5, 5.41) is 58.2. The van der Waals surface area contributed by atoms with E-state index in [1.165, 1.54) is 58.6 Å². The number of carboxylic acid groups (broad SMARTS) is 2.